The van der Waals surface area contributed by atoms with Gasteiger partial charge in [-0.15, -0.1) is 0 Å². The van der Waals surface area contributed by atoms with Crippen LogP contribution >= 0.6 is 15.6 Å². The number of phosphoric acid groups is 2. The molecule has 5 atom stereocenters. The van der Waals surface area contributed by atoms with Crippen LogP contribution in [0.3, 0.4) is 0 Å². The highest BCUT2D eigenvalue weighted by molar-refractivity contribution is 7.47. The lowest BCUT2D eigenvalue weighted by atomic mass is 10.0. The lowest BCUT2D eigenvalue weighted by Crippen LogP contribution is -2.30. The van der Waals surface area contributed by atoms with Gasteiger partial charge in [0.05, 0.1) is 26.4 Å². The Balaban J connectivity index is 5.28. The number of aliphatic hydroxyl groups excluding tert-OH is 1. The third-order valence-electron chi connectivity index (χ3n) is 18.3. The molecule has 0 amide bonds. The first-order chi connectivity index (χ1) is 48.2. The number of carbonyl (C=O) groups excluding carboxylic acids is 4. The van der Waals surface area contributed by atoms with Crippen molar-refractivity contribution in [3.8, 4) is 0 Å². The maximum Gasteiger partial charge on any atom is 0.472 e. The van der Waals surface area contributed by atoms with Crippen LogP contribution in [0.15, 0.2) is 24.3 Å². The van der Waals surface area contributed by atoms with Gasteiger partial charge in [0, 0.05) is 25.7 Å². The summed E-state index contributed by atoms with van der Waals surface area (Å²) in [6, 6.07) is 0. The molecule has 0 aliphatic heterocycles. The van der Waals surface area contributed by atoms with Crippen LogP contribution in [0.1, 0.15) is 395 Å². The summed E-state index contributed by atoms with van der Waals surface area (Å²) in [5.74, 6) is 0.158. The summed E-state index contributed by atoms with van der Waals surface area (Å²) in [7, 11) is -9.93. The molecule has 0 aromatic heterocycles. The maximum absolute atomic E-state index is 13.1. The van der Waals surface area contributed by atoms with Crippen molar-refractivity contribution in [2.45, 2.75) is 414 Å². The summed E-state index contributed by atoms with van der Waals surface area (Å²) < 4.78 is 68.7. The van der Waals surface area contributed by atoms with E-state index in [4.69, 9.17) is 37.0 Å². The number of rotatable bonds is 77. The number of hydrogen-bond acceptors (Lipinski definition) is 15. The SMILES string of the molecule is CCCCCC/C=C\C=C/CCCCCCCC(=O)O[C@H](COC(=O)CCCCCCCCCC(C)C)COP(=O)(O)OCC(O)COP(=O)(O)OC[C@@H](COC(=O)CCCCCCCCCCCCCCCCCC(C)C)OC(=O)CCCCCCCCCCCCCCCCC(C)C. The van der Waals surface area contributed by atoms with Gasteiger partial charge in [-0.25, -0.2) is 9.13 Å². The fourth-order valence-corrected chi connectivity index (χ4v) is 13.5. The highest BCUT2D eigenvalue weighted by Crippen LogP contribution is 2.45. The van der Waals surface area contributed by atoms with E-state index in [1.807, 2.05) is 0 Å². The van der Waals surface area contributed by atoms with Crippen LogP contribution in [0.25, 0.3) is 0 Å². The molecule has 19 heteroatoms. The van der Waals surface area contributed by atoms with Crippen molar-refractivity contribution in [2.75, 3.05) is 39.6 Å². The molecule has 0 aliphatic carbocycles. The number of aliphatic hydroxyl groups is 1. The molecule has 0 saturated carbocycles. The third kappa shape index (κ3) is 73.8. The molecule has 0 bridgehead atoms. The first kappa shape index (κ1) is 97.5. The van der Waals surface area contributed by atoms with Crippen LogP contribution in [0, 0.1) is 17.8 Å². The minimum atomic E-state index is -4.97. The molecule has 100 heavy (non-hydrogen) atoms. The average Bonchev–Trinajstić information content (AvgIpc) is 1.36. The molecular weight excluding hydrogens is 1310 g/mol. The Bertz CT molecular complexity index is 2030. The highest BCUT2D eigenvalue weighted by atomic mass is 31.2. The van der Waals surface area contributed by atoms with Gasteiger partial charge in [0.2, 0.25) is 0 Å². The molecule has 0 radical (unpaired) electrons. The van der Waals surface area contributed by atoms with Crippen LogP contribution in [-0.2, 0) is 65.4 Å². The maximum atomic E-state index is 13.1. The second-order valence-corrected chi connectivity index (χ2v) is 32.8. The lowest BCUT2D eigenvalue weighted by molar-refractivity contribution is -0.161. The van der Waals surface area contributed by atoms with Gasteiger partial charge in [0.15, 0.2) is 12.2 Å². The molecule has 0 heterocycles. The van der Waals surface area contributed by atoms with E-state index < -0.39 is 97.5 Å². The number of hydrogen-bond donors (Lipinski definition) is 3. The van der Waals surface area contributed by atoms with Crippen LogP contribution in [-0.4, -0.2) is 96.7 Å². The molecule has 0 aromatic rings. The third-order valence-corrected chi connectivity index (χ3v) is 20.2. The molecule has 3 unspecified atom stereocenters. The van der Waals surface area contributed by atoms with E-state index in [-0.39, 0.29) is 25.7 Å². The van der Waals surface area contributed by atoms with Gasteiger partial charge < -0.3 is 33.8 Å². The average molecular weight is 1460 g/mol. The summed E-state index contributed by atoms with van der Waals surface area (Å²) >= 11 is 0. The van der Waals surface area contributed by atoms with E-state index in [0.717, 1.165) is 121 Å². The zero-order chi connectivity index (χ0) is 73.7. The second kappa shape index (κ2) is 70.8. The molecule has 0 aromatic carbocycles. The number of allylic oxidation sites excluding steroid dienone is 4. The van der Waals surface area contributed by atoms with Crippen molar-refractivity contribution >= 4 is 39.5 Å². The van der Waals surface area contributed by atoms with Crippen molar-refractivity contribution in [1.82, 2.24) is 0 Å². The summed E-state index contributed by atoms with van der Waals surface area (Å²) in [6.45, 7) is 11.9. The summed E-state index contributed by atoms with van der Waals surface area (Å²) in [4.78, 5) is 73.0. The molecule has 17 nitrogen and oxygen atoms in total. The molecule has 0 spiro atoms. The van der Waals surface area contributed by atoms with Crippen molar-refractivity contribution in [3.63, 3.8) is 0 Å². The van der Waals surface area contributed by atoms with Gasteiger partial charge in [-0.05, 0) is 69.1 Å². The highest BCUT2D eigenvalue weighted by Gasteiger charge is 2.30. The van der Waals surface area contributed by atoms with Gasteiger partial charge in [-0.3, -0.25) is 37.3 Å². The number of unbranched alkanes of at least 4 members (excludes halogenated alkanes) is 42. The largest absolute Gasteiger partial charge is 0.472 e. The normalized spacial score (nSPS) is 14.1. The van der Waals surface area contributed by atoms with Crippen LogP contribution in [0.2, 0.25) is 0 Å². The fourth-order valence-electron chi connectivity index (χ4n) is 11.9. The Morgan fingerprint density at radius 2 is 0.540 bits per heavy atom. The standard InChI is InChI=1S/C81H154O17P2/c1-8-9-10-11-12-13-14-15-17-25-30-35-42-50-57-64-81(86)98-77(69-92-79(84)63-56-49-44-37-40-47-54-61-74(6)7)71-96-100(89,90)94-67-75(82)66-93-99(87,88)95-70-76(97-80(85)65-58-51-43-36-31-26-21-20-23-28-33-39-46-53-60-73(4)5)68-91-78(83)62-55-48-41-34-29-24-19-16-18-22-27-32-38-45-52-59-72(2)3/h13-15,17,72-77,82H,8-12,16,18-71H2,1-7H3,(H,87,88)(H,89,90)/b14-13-,17-15-/t75?,76-,77-/m1/s1. The van der Waals surface area contributed by atoms with E-state index in [9.17, 15) is 43.2 Å². The summed E-state index contributed by atoms with van der Waals surface area (Å²) in [5.41, 5.74) is 0. The number of ether oxygens (including phenoxy) is 4. The first-order valence-electron chi connectivity index (χ1n) is 41.2. The fraction of sp³-hybridized carbons (Fsp3) is 0.901. The number of esters is 4. The topological polar surface area (TPSA) is 237 Å². The van der Waals surface area contributed by atoms with Gasteiger partial charge >= 0.3 is 39.5 Å². The van der Waals surface area contributed by atoms with Crippen LogP contribution in [0.4, 0.5) is 0 Å². The lowest BCUT2D eigenvalue weighted by Gasteiger charge is -2.21. The predicted molar refractivity (Wildman–Crippen MR) is 409 cm³/mol. The molecule has 0 rings (SSSR count). The first-order valence-corrected chi connectivity index (χ1v) is 44.2. The van der Waals surface area contributed by atoms with Gasteiger partial charge in [-0.1, -0.05) is 342 Å². The van der Waals surface area contributed by atoms with Crippen LogP contribution in [0.5, 0.6) is 0 Å². The van der Waals surface area contributed by atoms with E-state index >= 15 is 0 Å². The Morgan fingerprint density at radius 3 is 0.810 bits per heavy atom. The second-order valence-electron chi connectivity index (χ2n) is 29.9. The molecule has 0 fully saturated rings. The van der Waals surface area contributed by atoms with Crippen molar-refractivity contribution < 1.29 is 80.2 Å². The summed E-state index contributed by atoms with van der Waals surface area (Å²) in [5, 5.41) is 10.6. The van der Waals surface area contributed by atoms with Crippen molar-refractivity contribution in [3.05, 3.63) is 24.3 Å². The zero-order valence-corrected chi connectivity index (χ0v) is 66.9. The monoisotopic (exact) mass is 1460 g/mol. The summed E-state index contributed by atoms with van der Waals surface area (Å²) in [6.07, 6.45) is 61.9. The quantitative estimate of drug-likeness (QED) is 0.0169. The predicted octanol–water partition coefficient (Wildman–Crippen LogP) is 23.7. The van der Waals surface area contributed by atoms with Gasteiger partial charge in [0.1, 0.15) is 19.3 Å². The zero-order valence-electron chi connectivity index (χ0n) is 65.2. The Hall–Kier alpha value is -2.46. The minimum Gasteiger partial charge on any atom is -0.462 e. The Kier molecular flexibility index (Phi) is 69.1. The molecule has 0 saturated heterocycles. The smallest absolute Gasteiger partial charge is 0.462 e. The van der Waals surface area contributed by atoms with Gasteiger partial charge in [0.25, 0.3) is 0 Å². The van der Waals surface area contributed by atoms with Crippen molar-refractivity contribution in [2.24, 2.45) is 17.8 Å². The number of phosphoric ester groups is 2. The Labute approximate surface area is 612 Å². The van der Waals surface area contributed by atoms with E-state index in [2.05, 4.69) is 72.8 Å². The van der Waals surface area contributed by atoms with E-state index in [1.165, 1.54) is 186 Å². The molecule has 590 valence electrons. The van der Waals surface area contributed by atoms with Crippen LogP contribution < -0.4 is 0 Å². The molecule has 3 N–H and O–H groups in total. The minimum absolute atomic E-state index is 0.0841. The molecular formula is C81H154O17P2. The van der Waals surface area contributed by atoms with E-state index in [1.54, 1.807) is 0 Å². The molecule has 0 aliphatic rings. The Morgan fingerprint density at radius 1 is 0.310 bits per heavy atom. The van der Waals surface area contributed by atoms with Gasteiger partial charge in [-0.2, -0.15) is 0 Å². The van der Waals surface area contributed by atoms with Crippen molar-refractivity contribution in [1.29, 1.82) is 0 Å². The number of carbonyl (C=O) groups is 4. The van der Waals surface area contributed by atoms with E-state index in [0.29, 0.717) is 31.6 Å².